The molecule has 1 saturated heterocycles. The molecule has 1 aliphatic heterocycles. The van der Waals surface area contributed by atoms with Crippen LogP contribution in [0, 0.1) is 5.92 Å². The molecule has 0 spiro atoms. The number of nitrogens with one attached hydrogen (secondary N) is 1. The van der Waals surface area contributed by atoms with E-state index in [0.29, 0.717) is 11.5 Å². The van der Waals surface area contributed by atoms with Crippen molar-refractivity contribution in [3.8, 4) is 0 Å². The summed E-state index contributed by atoms with van der Waals surface area (Å²) in [4.78, 5) is 4.35. The van der Waals surface area contributed by atoms with Crippen LogP contribution in [-0.2, 0) is 22.8 Å². The number of hydrogen-bond acceptors (Lipinski definition) is 4. The summed E-state index contributed by atoms with van der Waals surface area (Å²) in [6.07, 6.45) is 6.41. The Morgan fingerprint density at radius 3 is 3.06 bits per heavy atom. The summed E-state index contributed by atoms with van der Waals surface area (Å²) in [5.41, 5.74) is 0. The monoisotopic (exact) mass is 271 g/mol. The minimum absolute atomic E-state index is 0.250. The van der Waals surface area contributed by atoms with Crippen molar-refractivity contribution in [2.24, 2.45) is 5.92 Å². The maximum absolute atomic E-state index is 11.4. The normalized spacial score (nSPS) is 22.4. The van der Waals surface area contributed by atoms with Crippen LogP contribution >= 0.6 is 0 Å². The van der Waals surface area contributed by atoms with Crippen LogP contribution in [0.2, 0.25) is 0 Å². The van der Waals surface area contributed by atoms with Crippen LogP contribution in [0.25, 0.3) is 0 Å². The van der Waals surface area contributed by atoms with Gasteiger partial charge >= 0.3 is 0 Å². The van der Waals surface area contributed by atoms with Gasteiger partial charge in [-0.2, -0.15) is 0 Å². The Morgan fingerprint density at radius 1 is 1.56 bits per heavy atom. The summed E-state index contributed by atoms with van der Waals surface area (Å²) in [6.45, 7) is 1.92. The van der Waals surface area contributed by atoms with Crippen LogP contribution < -0.4 is 5.32 Å². The molecule has 102 valence electrons. The Hall–Kier alpha value is -0.880. The molecular weight excluding hydrogens is 250 g/mol. The van der Waals surface area contributed by atoms with Gasteiger partial charge in [0.15, 0.2) is 9.84 Å². The van der Waals surface area contributed by atoms with E-state index >= 15 is 0 Å². The highest BCUT2D eigenvalue weighted by molar-refractivity contribution is 7.91. The maximum Gasteiger partial charge on any atom is 0.150 e. The quantitative estimate of drug-likeness (QED) is 0.764. The van der Waals surface area contributed by atoms with Crippen molar-refractivity contribution in [1.82, 2.24) is 14.9 Å². The molecule has 0 saturated carbocycles. The number of imidazole rings is 1. The summed E-state index contributed by atoms with van der Waals surface area (Å²) in [7, 11) is -0.837. The van der Waals surface area contributed by atoms with Crippen molar-refractivity contribution in [2.45, 2.75) is 25.8 Å². The fourth-order valence-corrected chi connectivity index (χ4v) is 4.31. The van der Waals surface area contributed by atoms with E-state index in [9.17, 15) is 8.42 Å². The van der Waals surface area contributed by atoms with Crippen molar-refractivity contribution < 1.29 is 8.42 Å². The van der Waals surface area contributed by atoms with E-state index in [1.807, 2.05) is 13.2 Å². The second-order valence-electron chi connectivity index (χ2n) is 4.97. The molecule has 1 aliphatic rings. The van der Waals surface area contributed by atoms with Crippen LogP contribution in [0.4, 0.5) is 0 Å². The third-order valence-electron chi connectivity index (χ3n) is 3.43. The maximum atomic E-state index is 11.4. The van der Waals surface area contributed by atoms with E-state index in [4.69, 9.17) is 0 Å². The number of hydrogen-bond donors (Lipinski definition) is 1. The molecule has 1 N–H and O–H groups in total. The third kappa shape index (κ3) is 3.55. The van der Waals surface area contributed by atoms with E-state index in [0.717, 1.165) is 38.2 Å². The lowest BCUT2D eigenvalue weighted by Gasteiger charge is -2.10. The van der Waals surface area contributed by atoms with E-state index in [2.05, 4.69) is 14.9 Å². The van der Waals surface area contributed by atoms with Gasteiger partial charge < -0.3 is 9.88 Å². The van der Waals surface area contributed by atoms with E-state index in [-0.39, 0.29) is 5.92 Å². The van der Waals surface area contributed by atoms with E-state index in [1.165, 1.54) is 0 Å². The number of nitrogens with zero attached hydrogens (tertiary/aromatic N) is 2. The first-order valence-electron chi connectivity index (χ1n) is 6.46. The second kappa shape index (κ2) is 5.84. The zero-order chi connectivity index (χ0) is 13.0. The topological polar surface area (TPSA) is 64.0 Å². The Bertz CT molecular complexity index is 481. The largest absolute Gasteiger partial charge is 0.335 e. The van der Waals surface area contributed by atoms with Crippen molar-refractivity contribution in [1.29, 1.82) is 0 Å². The lowest BCUT2D eigenvalue weighted by atomic mass is 10.1. The van der Waals surface area contributed by atoms with Crippen LogP contribution in [0.15, 0.2) is 12.4 Å². The number of aryl methyl sites for hydroxylation is 1. The van der Waals surface area contributed by atoms with Gasteiger partial charge in [-0.25, -0.2) is 13.4 Å². The summed E-state index contributed by atoms with van der Waals surface area (Å²) in [6, 6.07) is 0. The molecule has 5 nitrogen and oxygen atoms in total. The van der Waals surface area contributed by atoms with E-state index in [1.54, 1.807) is 6.20 Å². The fraction of sp³-hybridized carbons (Fsp3) is 0.750. The molecule has 18 heavy (non-hydrogen) atoms. The van der Waals surface area contributed by atoms with Crippen molar-refractivity contribution >= 4 is 9.84 Å². The molecule has 1 aromatic heterocycles. The first-order valence-corrected chi connectivity index (χ1v) is 8.28. The van der Waals surface area contributed by atoms with Gasteiger partial charge in [0.2, 0.25) is 0 Å². The highest BCUT2D eigenvalue weighted by Gasteiger charge is 2.28. The minimum Gasteiger partial charge on any atom is -0.335 e. The first-order chi connectivity index (χ1) is 8.61. The van der Waals surface area contributed by atoms with Gasteiger partial charge in [-0.3, -0.25) is 0 Å². The Balaban J connectivity index is 1.91. The predicted octanol–water partition coefficient (Wildman–Crippen LogP) is 0.470. The van der Waals surface area contributed by atoms with Crippen LogP contribution in [-0.4, -0.2) is 43.1 Å². The molecule has 2 rings (SSSR count). The van der Waals surface area contributed by atoms with E-state index < -0.39 is 9.84 Å². The zero-order valence-electron chi connectivity index (χ0n) is 10.8. The average Bonchev–Trinajstić information content (AvgIpc) is 2.87. The molecule has 0 amide bonds. The van der Waals surface area contributed by atoms with Gasteiger partial charge in [0.25, 0.3) is 0 Å². The molecule has 1 unspecified atom stereocenters. The molecule has 2 heterocycles. The number of aromatic nitrogens is 2. The number of sulfone groups is 1. The lowest BCUT2D eigenvalue weighted by molar-refractivity contribution is 0.528. The highest BCUT2D eigenvalue weighted by Crippen LogP contribution is 2.22. The molecule has 1 fully saturated rings. The second-order valence-corrected chi connectivity index (χ2v) is 7.20. The van der Waals surface area contributed by atoms with Gasteiger partial charge in [0, 0.05) is 25.4 Å². The highest BCUT2D eigenvalue weighted by atomic mass is 32.2. The zero-order valence-corrected chi connectivity index (χ0v) is 11.6. The lowest BCUT2D eigenvalue weighted by Crippen LogP contribution is -2.14. The molecule has 0 aliphatic carbocycles. The van der Waals surface area contributed by atoms with Gasteiger partial charge in [-0.05, 0) is 32.4 Å². The van der Waals surface area contributed by atoms with Crippen molar-refractivity contribution in [3.05, 3.63) is 18.2 Å². The molecular formula is C12H21N3O2S. The van der Waals surface area contributed by atoms with Gasteiger partial charge in [-0.1, -0.05) is 0 Å². The van der Waals surface area contributed by atoms with Crippen molar-refractivity contribution in [2.75, 3.05) is 25.1 Å². The van der Waals surface area contributed by atoms with Gasteiger partial charge in [0.1, 0.15) is 5.82 Å². The average molecular weight is 271 g/mol. The molecule has 0 bridgehead atoms. The van der Waals surface area contributed by atoms with Crippen LogP contribution in [0.5, 0.6) is 0 Å². The smallest absolute Gasteiger partial charge is 0.150 e. The molecule has 1 aromatic rings. The fourth-order valence-electron chi connectivity index (χ4n) is 2.45. The SMILES string of the molecule is CNCCCn1ccnc1CC1CCS(=O)(=O)C1. The summed E-state index contributed by atoms with van der Waals surface area (Å²) < 4.78 is 25.0. The van der Waals surface area contributed by atoms with Gasteiger partial charge in [-0.15, -0.1) is 0 Å². The van der Waals surface area contributed by atoms with Crippen molar-refractivity contribution in [3.63, 3.8) is 0 Å². The Kier molecular flexibility index (Phi) is 4.40. The summed E-state index contributed by atoms with van der Waals surface area (Å²) >= 11 is 0. The summed E-state index contributed by atoms with van der Waals surface area (Å²) in [5.74, 6) is 1.95. The number of rotatable bonds is 6. The van der Waals surface area contributed by atoms with Crippen LogP contribution in [0.3, 0.4) is 0 Å². The predicted molar refractivity (Wildman–Crippen MR) is 71.2 cm³/mol. The van der Waals surface area contributed by atoms with Crippen LogP contribution in [0.1, 0.15) is 18.7 Å². The summed E-state index contributed by atoms with van der Waals surface area (Å²) in [5, 5.41) is 3.12. The van der Waals surface area contributed by atoms with Gasteiger partial charge in [0.05, 0.1) is 11.5 Å². The Morgan fingerprint density at radius 2 is 2.39 bits per heavy atom. The molecule has 1 atom stereocenters. The third-order valence-corrected chi connectivity index (χ3v) is 5.26. The standard InChI is InChI=1S/C12H21N3O2S/c1-13-4-2-6-15-7-5-14-12(15)9-11-3-8-18(16,17)10-11/h5,7,11,13H,2-4,6,8-10H2,1H3. The molecule has 0 aromatic carbocycles. The Labute approximate surface area is 109 Å². The molecule has 0 radical (unpaired) electrons. The minimum atomic E-state index is -2.78. The first kappa shape index (κ1) is 13.5. The molecule has 6 heteroatoms.